The van der Waals surface area contributed by atoms with Gasteiger partial charge >= 0.3 is 0 Å². The second-order valence-corrected chi connectivity index (χ2v) is 4.35. The molecule has 1 aromatic carbocycles. The molecule has 1 fully saturated rings. The molecule has 1 heterocycles. The Morgan fingerprint density at radius 1 is 1.20 bits per heavy atom. The molecular formula is C12H16ClNO. The van der Waals surface area contributed by atoms with Crippen molar-refractivity contribution in [2.75, 3.05) is 18.0 Å². The predicted octanol–water partition coefficient (Wildman–Crippen LogP) is 2.82. The van der Waals surface area contributed by atoms with Gasteiger partial charge in [-0.3, -0.25) is 0 Å². The van der Waals surface area contributed by atoms with Crippen LogP contribution in [-0.4, -0.2) is 18.2 Å². The molecule has 82 valence electrons. The lowest BCUT2D eigenvalue weighted by molar-refractivity contribution is 0.282. The summed E-state index contributed by atoms with van der Waals surface area (Å²) >= 11 is 6.06. The van der Waals surface area contributed by atoms with Gasteiger partial charge in [0.1, 0.15) is 0 Å². The molecule has 0 radical (unpaired) electrons. The molecule has 0 aliphatic carbocycles. The van der Waals surface area contributed by atoms with Gasteiger partial charge < -0.3 is 10.0 Å². The van der Waals surface area contributed by atoms with Gasteiger partial charge in [-0.05, 0) is 31.4 Å². The van der Waals surface area contributed by atoms with Gasteiger partial charge in [-0.1, -0.05) is 17.7 Å². The van der Waals surface area contributed by atoms with Crippen LogP contribution in [0.15, 0.2) is 18.2 Å². The number of hydrogen-bond acceptors (Lipinski definition) is 2. The highest BCUT2D eigenvalue weighted by molar-refractivity contribution is 6.31. The molecule has 2 nitrogen and oxygen atoms in total. The summed E-state index contributed by atoms with van der Waals surface area (Å²) in [6.45, 7) is 2.17. The maximum atomic E-state index is 9.32. The summed E-state index contributed by atoms with van der Waals surface area (Å²) in [6, 6.07) is 5.83. The highest BCUT2D eigenvalue weighted by Crippen LogP contribution is 2.29. The summed E-state index contributed by atoms with van der Waals surface area (Å²) in [7, 11) is 0. The highest BCUT2D eigenvalue weighted by atomic mass is 35.5. The summed E-state index contributed by atoms with van der Waals surface area (Å²) in [5.41, 5.74) is 1.96. The van der Waals surface area contributed by atoms with Crippen LogP contribution in [0.1, 0.15) is 24.8 Å². The predicted molar refractivity (Wildman–Crippen MR) is 63.4 cm³/mol. The lowest BCUT2D eigenvalue weighted by Crippen LogP contribution is -2.30. The number of aliphatic hydroxyl groups excluding tert-OH is 1. The first-order chi connectivity index (χ1) is 7.33. The molecule has 0 saturated carbocycles. The van der Waals surface area contributed by atoms with E-state index in [9.17, 15) is 5.11 Å². The fourth-order valence-corrected chi connectivity index (χ4v) is 2.36. The molecule has 1 aromatic rings. The van der Waals surface area contributed by atoms with Gasteiger partial charge in [-0.2, -0.15) is 0 Å². The number of benzene rings is 1. The number of anilines is 1. The van der Waals surface area contributed by atoms with E-state index in [0.29, 0.717) is 5.02 Å². The highest BCUT2D eigenvalue weighted by Gasteiger charge is 2.15. The first-order valence-electron chi connectivity index (χ1n) is 5.46. The van der Waals surface area contributed by atoms with Crippen molar-refractivity contribution in [1.29, 1.82) is 0 Å². The summed E-state index contributed by atoms with van der Waals surface area (Å²) in [4.78, 5) is 2.32. The van der Waals surface area contributed by atoms with E-state index in [-0.39, 0.29) is 6.61 Å². The van der Waals surface area contributed by atoms with Crippen molar-refractivity contribution in [3.05, 3.63) is 28.8 Å². The fraction of sp³-hybridized carbons (Fsp3) is 0.500. The number of hydrogen-bond donors (Lipinski definition) is 1. The van der Waals surface area contributed by atoms with Crippen LogP contribution in [0.3, 0.4) is 0 Å². The molecule has 0 atom stereocenters. The first kappa shape index (κ1) is 10.8. The lowest BCUT2D eigenvalue weighted by atomic mass is 10.1. The molecule has 1 aliphatic heterocycles. The maximum absolute atomic E-state index is 9.32. The van der Waals surface area contributed by atoms with Crippen LogP contribution >= 0.6 is 11.6 Å². The van der Waals surface area contributed by atoms with E-state index in [1.54, 1.807) is 0 Å². The number of rotatable bonds is 2. The molecule has 2 rings (SSSR count). The van der Waals surface area contributed by atoms with E-state index in [0.717, 1.165) is 24.3 Å². The van der Waals surface area contributed by atoms with Crippen molar-refractivity contribution in [3.63, 3.8) is 0 Å². The van der Waals surface area contributed by atoms with Gasteiger partial charge in [0.15, 0.2) is 0 Å². The zero-order valence-corrected chi connectivity index (χ0v) is 9.50. The van der Waals surface area contributed by atoms with Crippen LogP contribution < -0.4 is 4.90 Å². The Morgan fingerprint density at radius 2 is 1.93 bits per heavy atom. The quantitative estimate of drug-likeness (QED) is 0.837. The summed E-state index contributed by atoms with van der Waals surface area (Å²) in [5, 5.41) is 9.99. The van der Waals surface area contributed by atoms with E-state index in [4.69, 9.17) is 11.6 Å². The SMILES string of the molecule is OCc1c(Cl)cccc1N1CCCCC1. The average molecular weight is 226 g/mol. The lowest BCUT2D eigenvalue weighted by Gasteiger charge is -2.30. The smallest absolute Gasteiger partial charge is 0.0716 e. The molecule has 0 amide bonds. The van der Waals surface area contributed by atoms with E-state index in [1.165, 1.54) is 19.3 Å². The Balaban J connectivity index is 2.29. The molecule has 0 aromatic heterocycles. The van der Waals surface area contributed by atoms with Crippen LogP contribution in [0.25, 0.3) is 0 Å². The molecule has 0 bridgehead atoms. The van der Waals surface area contributed by atoms with Crippen molar-refractivity contribution in [1.82, 2.24) is 0 Å². The van der Waals surface area contributed by atoms with Crippen LogP contribution in [0, 0.1) is 0 Å². The summed E-state index contributed by atoms with van der Waals surface area (Å²) in [6.07, 6.45) is 3.78. The van der Waals surface area contributed by atoms with Crippen molar-refractivity contribution in [2.24, 2.45) is 0 Å². The Labute approximate surface area is 95.5 Å². The zero-order valence-electron chi connectivity index (χ0n) is 8.75. The van der Waals surface area contributed by atoms with Crippen LogP contribution in [0.4, 0.5) is 5.69 Å². The Kier molecular flexibility index (Phi) is 3.49. The molecule has 0 spiro atoms. The maximum Gasteiger partial charge on any atom is 0.0716 e. The fourth-order valence-electron chi connectivity index (χ4n) is 2.13. The third kappa shape index (κ3) is 2.27. The third-order valence-electron chi connectivity index (χ3n) is 2.95. The number of nitrogens with zero attached hydrogens (tertiary/aromatic N) is 1. The molecule has 3 heteroatoms. The molecule has 15 heavy (non-hydrogen) atoms. The topological polar surface area (TPSA) is 23.5 Å². The normalized spacial score (nSPS) is 16.8. The van der Waals surface area contributed by atoms with Crippen molar-refractivity contribution >= 4 is 17.3 Å². The third-order valence-corrected chi connectivity index (χ3v) is 3.30. The van der Waals surface area contributed by atoms with Gasteiger partial charge in [0.2, 0.25) is 0 Å². The molecular weight excluding hydrogens is 210 g/mol. The van der Waals surface area contributed by atoms with Crippen molar-refractivity contribution < 1.29 is 5.11 Å². The molecule has 1 N–H and O–H groups in total. The molecule has 1 saturated heterocycles. The van der Waals surface area contributed by atoms with Crippen LogP contribution in [0.5, 0.6) is 0 Å². The van der Waals surface area contributed by atoms with Gasteiger partial charge in [0.25, 0.3) is 0 Å². The molecule has 0 unspecified atom stereocenters. The monoisotopic (exact) mass is 225 g/mol. The Hall–Kier alpha value is -0.730. The van der Waals surface area contributed by atoms with Crippen molar-refractivity contribution in [3.8, 4) is 0 Å². The van der Waals surface area contributed by atoms with Gasteiger partial charge in [0.05, 0.1) is 6.61 Å². The van der Waals surface area contributed by atoms with E-state index in [2.05, 4.69) is 4.90 Å². The van der Waals surface area contributed by atoms with E-state index in [1.807, 2.05) is 18.2 Å². The molecule has 1 aliphatic rings. The second-order valence-electron chi connectivity index (χ2n) is 3.94. The number of halogens is 1. The van der Waals surface area contributed by atoms with E-state index < -0.39 is 0 Å². The first-order valence-corrected chi connectivity index (χ1v) is 5.84. The second kappa shape index (κ2) is 4.86. The van der Waals surface area contributed by atoms with E-state index >= 15 is 0 Å². The van der Waals surface area contributed by atoms with Gasteiger partial charge in [-0.15, -0.1) is 0 Å². The summed E-state index contributed by atoms with van der Waals surface area (Å²) in [5.74, 6) is 0. The van der Waals surface area contributed by atoms with Gasteiger partial charge in [-0.25, -0.2) is 0 Å². The minimum Gasteiger partial charge on any atom is -0.392 e. The van der Waals surface area contributed by atoms with Gasteiger partial charge in [0, 0.05) is 29.4 Å². The van der Waals surface area contributed by atoms with Crippen LogP contribution in [-0.2, 0) is 6.61 Å². The number of aliphatic hydroxyl groups is 1. The number of piperidine rings is 1. The summed E-state index contributed by atoms with van der Waals surface area (Å²) < 4.78 is 0. The average Bonchev–Trinajstić information content (AvgIpc) is 2.30. The largest absolute Gasteiger partial charge is 0.392 e. The van der Waals surface area contributed by atoms with Crippen molar-refractivity contribution in [2.45, 2.75) is 25.9 Å². The standard InChI is InChI=1S/C12H16ClNO/c13-11-5-4-6-12(10(11)9-15)14-7-2-1-3-8-14/h4-6,15H,1-3,7-9H2. The van der Waals surface area contributed by atoms with Crippen LogP contribution in [0.2, 0.25) is 5.02 Å². The minimum atomic E-state index is 0.0194. The Morgan fingerprint density at radius 3 is 2.60 bits per heavy atom. The Bertz CT molecular complexity index is 334. The zero-order chi connectivity index (χ0) is 10.7. The minimum absolute atomic E-state index is 0.0194.